The SMILES string of the molecule is COc1cc(C(=O)N2CCOCC2C(F)F)c(-c2noc3c2CC2(CC2)c2ccc(N4CCC4)cc2-3)c(OC)c1S(N)(=O)=O. The highest BCUT2D eigenvalue weighted by atomic mass is 32.2. The summed E-state index contributed by atoms with van der Waals surface area (Å²) >= 11 is 0. The number of fused-ring (bicyclic) bond motifs is 4. The van der Waals surface area contributed by atoms with Gasteiger partial charge in [0.05, 0.1) is 38.6 Å². The largest absolute Gasteiger partial charge is 0.495 e. The van der Waals surface area contributed by atoms with Crippen LogP contribution in [0.15, 0.2) is 33.7 Å². The molecule has 1 amide bonds. The molecular weight excluding hydrogens is 598 g/mol. The fourth-order valence-corrected chi connectivity index (χ4v) is 7.61. The lowest BCUT2D eigenvalue weighted by atomic mass is 9.77. The number of carbonyl (C=O) groups excluding carboxylic acids is 1. The molecule has 1 saturated carbocycles. The summed E-state index contributed by atoms with van der Waals surface area (Å²) in [5.41, 5.74) is 3.70. The van der Waals surface area contributed by atoms with E-state index in [1.807, 2.05) is 0 Å². The van der Waals surface area contributed by atoms with Gasteiger partial charge in [0.1, 0.15) is 17.5 Å². The first-order chi connectivity index (χ1) is 21.1. The van der Waals surface area contributed by atoms with Gasteiger partial charge in [-0.2, -0.15) is 0 Å². The van der Waals surface area contributed by atoms with Crippen LogP contribution in [0.4, 0.5) is 14.5 Å². The molecule has 2 aliphatic carbocycles. The van der Waals surface area contributed by atoms with Crippen molar-refractivity contribution in [3.8, 4) is 34.1 Å². The van der Waals surface area contributed by atoms with E-state index in [9.17, 15) is 22.0 Å². The van der Waals surface area contributed by atoms with Crippen LogP contribution in [0.3, 0.4) is 0 Å². The Morgan fingerprint density at radius 1 is 1.16 bits per heavy atom. The molecule has 7 rings (SSSR count). The number of alkyl halides is 2. The third-order valence-corrected chi connectivity index (χ3v) is 10.2. The summed E-state index contributed by atoms with van der Waals surface area (Å²) in [4.78, 5) is 17.0. The zero-order valence-corrected chi connectivity index (χ0v) is 25.1. The van der Waals surface area contributed by atoms with Gasteiger partial charge in [-0.25, -0.2) is 22.3 Å². The van der Waals surface area contributed by atoms with Gasteiger partial charge in [0.2, 0.25) is 10.0 Å². The zero-order chi connectivity index (χ0) is 31.0. The monoisotopic (exact) mass is 630 g/mol. The minimum absolute atomic E-state index is 0.00928. The standard InChI is InChI=1S/C30H32F2N4O7S/c1-40-22-13-18(29(37)36-10-11-42-15-21(36)28(31)32)23(26(41-2)27(22)44(33,38)39)24-19-14-30(6-7-30)20-5-4-16(35-8-3-9-35)12-17(20)25(19)43-34-24/h4-5,12-13,21,28H,3,6-11,14-15H2,1-2H3,(H2,33,38,39). The van der Waals surface area contributed by atoms with E-state index in [1.54, 1.807) is 0 Å². The molecule has 3 fully saturated rings. The Hall–Kier alpha value is -3.75. The summed E-state index contributed by atoms with van der Waals surface area (Å²) in [6, 6.07) is 6.06. The molecule has 14 heteroatoms. The molecule has 2 saturated heterocycles. The number of hydrogen-bond donors (Lipinski definition) is 1. The smallest absolute Gasteiger partial charge is 0.260 e. The van der Waals surface area contributed by atoms with Crippen LogP contribution in [0.1, 0.15) is 40.7 Å². The molecule has 11 nitrogen and oxygen atoms in total. The molecule has 2 N–H and O–H groups in total. The van der Waals surface area contributed by atoms with Crippen LogP contribution in [-0.4, -0.2) is 83.9 Å². The molecule has 1 atom stereocenters. The number of methoxy groups -OCH3 is 2. The molecule has 0 bridgehead atoms. The predicted molar refractivity (Wildman–Crippen MR) is 155 cm³/mol. The van der Waals surface area contributed by atoms with Crippen molar-refractivity contribution in [2.75, 3.05) is 52.0 Å². The maximum absolute atomic E-state index is 14.2. The van der Waals surface area contributed by atoms with Crippen molar-refractivity contribution in [3.05, 3.63) is 41.0 Å². The summed E-state index contributed by atoms with van der Waals surface area (Å²) in [6.07, 6.45) is 0.647. The second-order valence-electron chi connectivity index (χ2n) is 11.8. The fraction of sp³-hybridized carbons (Fsp3) is 0.467. The predicted octanol–water partition coefficient (Wildman–Crippen LogP) is 3.58. The minimum atomic E-state index is -4.46. The lowest BCUT2D eigenvalue weighted by Crippen LogP contribution is -2.52. The lowest BCUT2D eigenvalue weighted by Gasteiger charge is -2.35. The van der Waals surface area contributed by atoms with E-state index >= 15 is 0 Å². The summed E-state index contributed by atoms with van der Waals surface area (Å²) in [5, 5.41) is 10.0. The number of nitrogens with zero attached hydrogens (tertiary/aromatic N) is 3. The molecule has 1 spiro atoms. The summed E-state index contributed by atoms with van der Waals surface area (Å²) in [6.45, 7) is 1.54. The highest BCUT2D eigenvalue weighted by Crippen LogP contribution is 2.60. The Balaban J connectivity index is 1.47. The molecule has 234 valence electrons. The van der Waals surface area contributed by atoms with Crippen molar-refractivity contribution in [1.29, 1.82) is 0 Å². The van der Waals surface area contributed by atoms with Crippen LogP contribution in [-0.2, 0) is 26.6 Å². The quantitative estimate of drug-likeness (QED) is 0.415. The lowest BCUT2D eigenvalue weighted by molar-refractivity contribution is -0.0579. The van der Waals surface area contributed by atoms with Gasteiger partial charge in [0, 0.05) is 41.9 Å². The Labute approximate surface area is 252 Å². The van der Waals surface area contributed by atoms with Gasteiger partial charge >= 0.3 is 0 Å². The summed E-state index contributed by atoms with van der Waals surface area (Å²) in [5.74, 6) is -0.808. The van der Waals surface area contributed by atoms with Crippen LogP contribution in [0.5, 0.6) is 11.5 Å². The van der Waals surface area contributed by atoms with E-state index in [-0.39, 0.29) is 53.5 Å². The third kappa shape index (κ3) is 4.45. The molecule has 1 unspecified atom stereocenters. The van der Waals surface area contributed by atoms with Crippen molar-refractivity contribution in [2.45, 2.75) is 48.5 Å². The minimum Gasteiger partial charge on any atom is -0.495 e. The third-order valence-electron chi connectivity index (χ3n) is 9.29. The number of ether oxygens (including phenoxy) is 3. The van der Waals surface area contributed by atoms with Crippen LogP contribution >= 0.6 is 0 Å². The van der Waals surface area contributed by atoms with Gasteiger partial charge in [-0.05, 0) is 49.4 Å². The topological polar surface area (TPSA) is 137 Å². The van der Waals surface area contributed by atoms with Crippen LogP contribution in [0.2, 0.25) is 0 Å². The number of aromatic nitrogens is 1. The highest BCUT2D eigenvalue weighted by molar-refractivity contribution is 7.89. The van der Waals surface area contributed by atoms with Gasteiger partial charge in [-0.1, -0.05) is 11.2 Å². The van der Waals surface area contributed by atoms with Crippen LogP contribution < -0.4 is 19.5 Å². The molecule has 2 aliphatic heterocycles. The number of halogens is 2. The molecule has 4 aliphatic rings. The average molecular weight is 631 g/mol. The number of morpholine rings is 1. The van der Waals surface area contributed by atoms with E-state index < -0.39 is 33.3 Å². The molecule has 44 heavy (non-hydrogen) atoms. The first-order valence-corrected chi connectivity index (χ1v) is 16.0. The normalized spacial score (nSPS) is 20.3. The second-order valence-corrected chi connectivity index (χ2v) is 13.2. The number of rotatable bonds is 7. The van der Waals surface area contributed by atoms with Crippen molar-refractivity contribution < 1.29 is 40.7 Å². The van der Waals surface area contributed by atoms with Gasteiger partial charge in [-0.3, -0.25) is 4.79 Å². The van der Waals surface area contributed by atoms with Crippen molar-refractivity contribution in [2.24, 2.45) is 5.14 Å². The average Bonchev–Trinajstić information content (AvgIpc) is 3.62. The van der Waals surface area contributed by atoms with Gasteiger partial charge in [-0.15, -0.1) is 0 Å². The Kier molecular flexibility index (Phi) is 6.86. The van der Waals surface area contributed by atoms with E-state index in [0.717, 1.165) is 54.1 Å². The van der Waals surface area contributed by atoms with Crippen molar-refractivity contribution in [3.63, 3.8) is 0 Å². The summed E-state index contributed by atoms with van der Waals surface area (Å²) in [7, 11) is -2.01. The first-order valence-electron chi connectivity index (χ1n) is 14.5. The Morgan fingerprint density at radius 2 is 1.93 bits per heavy atom. The number of nitrogens with two attached hydrogens (primary N) is 1. The van der Waals surface area contributed by atoms with E-state index in [0.29, 0.717) is 17.7 Å². The number of carbonyl (C=O) groups is 1. The number of amides is 1. The molecule has 3 heterocycles. The number of benzene rings is 2. The molecule has 2 aromatic carbocycles. The zero-order valence-electron chi connectivity index (χ0n) is 24.3. The fourth-order valence-electron chi connectivity index (χ4n) is 6.74. The van der Waals surface area contributed by atoms with E-state index in [1.165, 1.54) is 20.3 Å². The van der Waals surface area contributed by atoms with Gasteiger partial charge < -0.3 is 28.5 Å². The number of anilines is 1. The van der Waals surface area contributed by atoms with Gasteiger partial charge in [0.25, 0.3) is 12.3 Å². The van der Waals surface area contributed by atoms with Crippen LogP contribution in [0, 0.1) is 0 Å². The molecule has 1 aromatic heterocycles. The summed E-state index contributed by atoms with van der Waals surface area (Å²) < 4.78 is 76.2. The molecular formula is C30H32F2N4O7S. The van der Waals surface area contributed by atoms with Crippen molar-refractivity contribution in [1.82, 2.24) is 10.1 Å². The van der Waals surface area contributed by atoms with E-state index in [4.69, 9.17) is 23.9 Å². The highest BCUT2D eigenvalue weighted by Gasteiger charge is 2.51. The second kappa shape index (κ2) is 10.4. The van der Waals surface area contributed by atoms with Gasteiger partial charge in [0.15, 0.2) is 16.4 Å². The molecule has 3 aromatic rings. The first kappa shape index (κ1) is 29.0. The van der Waals surface area contributed by atoms with Crippen molar-refractivity contribution >= 4 is 21.6 Å². The Bertz CT molecular complexity index is 1770. The molecule has 0 radical (unpaired) electrons. The van der Waals surface area contributed by atoms with Crippen LogP contribution in [0.25, 0.3) is 22.6 Å². The number of hydrogen-bond acceptors (Lipinski definition) is 9. The number of primary sulfonamides is 1. The van der Waals surface area contributed by atoms with E-state index in [2.05, 4.69) is 28.3 Å². The maximum atomic E-state index is 14.2. The Morgan fingerprint density at radius 3 is 2.55 bits per heavy atom. The number of sulfonamides is 1. The maximum Gasteiger partial charge on any atom is 0.260 e.